The van der Waals surface area contributed by atoms with Gasteiger partial charge in [-0.15, -0.1) is 0 Å². The van der Waals surface area contributed by atoms with Gasteiger partial charge in [0.2, 0.25) is 0 Å². The van der Waals surface area contributed by atoms with Crippen LogP contribution >= 0.6 is 0 Å². The third-order valence-electron chi connectivity index (χ3n) is 4.89. The standard InChI is InChI=1S/C17H24O2S/c1-16(2,3)12-4-6-13(7-5-12)17(18)10-14-8-9-15(11-17)20(14)19/h4-7,14-15,18H,8-11H2,1-3H3. The Morgan fingerprint density at radius 1 is 1.10 bits per heavy atom. The zero-order valence-corrected chi connectivity index (χ0v) is 13.4. The molecular formula is C17H24O2S. The summed E-state index contributed by atoms with van der Waals surface area (Å²) in [7, 11) is -0.717. The number of hydrogen-bond acceptors (Lipinski definition) is 2. The van der Waals surface area contributed by atoms with E-state index in [0.29, 0.717) is 12.8 Å². The van der Waals surface area contributed by atoms with Crippen molar-refractivity contribution in [1.82, 2.24) is 0 Å². The minimum absolute atomic E-state index is 0.133. The van der Waals surface area contributed by atoms with Crippen molar-refractivity contribution in [2.75, 3.05) is 0 Å². The van der Waals surface area contributed by atoms with E-state index >= 15 is 0 Å². The molecule has 2 atom stereocenters. The van der Waals surface area contributed by atoms with Crippen molar-refractivity contribution in [1.29, 1.82) is 0 Å². The molecule has 1 aromatic rings. The molecule has 2 aliphatic rings. The predicted octanol–water partition coefficient (Wildman–Crippen LogP) is 3.25. The second-order valence-corrected chi connectivity index (χ2v) is 9.41. The highest BCUT2D eigenvalue weighted by atomic mass is 32.2. The van der Waals surface area contributed by atoms with Gasteiger partial charge in [0.1, 0.15) is 0 Å². The van der Waals surface area contributed by atoms with Gasteiger partial charge in [-0.2, -0.15) is 0 Å². The topological polar surface area (TPSA) is 37.3 Å². The average Bonchev–Trinajstić information content (AvgIpc) is 2.62. The fraction of sp³-hybridized carbons (Fsp3) is 0.647. The fourth-order valence-corrected chi connectivity index (χ4v) is 5.76. The summed E-state index contributed by atoms with van der Waals surface area (Å²) in [6.45, 7) is 6.59. The number of fused-ring (bicyclic) bond motifs is 2. The van der Waals surface area contributed by atoms with E-state index in [1.165, 1.54) is 5.56 Å². The van der Waals surface area contributed by atoms with E-state index in [-0.39, 0.29) is 15.9 Å². The van der Waals surface area contributed by atoms with E-state index in [9.17, 15) is 9.32 Å². The molecule has 0 radical (unpaired) electrons. The molecule has 2 heterocycles. The lowest BCUT2D eigenvalue weighted by Crippen LogP contribution is -2.40. The van der Waals surface area contributed by atoms with Crippen molar-refractivity contribution in [2.45, 2.75) is 68.0 Å². The quantitative estimate of drug-likeness (QED) is 0.863. The lowest BCUT2D eigenvalue weighted by molar-refractivity contribution is 0.0184. The first kappa shape index (κ1) is 14.3. The maximum absolute atomic E-state index is 12.1. The normalized spacial score (nSPS) is 37.1. The van der Waals surface area contributed by atoms with Gasteiger partial charge >= 0.3 is 0 Å². The maximum Gasteiger partial charge on any atom is 0.0919 e. The van der Waals surface area contributed by atoms with E-state index in [1.54, 1.807) is 0 Å². The third kappa shape index (κ3) is 2.35. The molecular weight excluding hydrogens is 268 g/mol. The van der Waals surface area contributed by atoms with Crippen molar-refractivity contribution in [3.63, 3.8) is 0 Å². The van der Waals surface area contributed by atoms with Crippen molar-refractivity contribution in [3.05, 3.63) is 35.4 Å². The molecule has 2 aliphatic heterocycles. The fourth-order valence-electron chi connectivity index (χ4n) is 3.60. The zero-order chi connectivity index (χ0) is 14.5. The van der Waals surface area contributed by atoms with Crippen LogP contribution in [-0.2, 0) is 21.8 Å². The van der Waals surface area contributed by atoms with Crippen LogP contribution in [0, 0.1) is 0 Å². The van der Waals surface area contributed by atoms with Crippen LogP contribution in [0.1, 0.15) is 57.6 Å². The van der Waals surface area contributed by atoms with Crippen LogP contribution < -0.4 is 0 Å². The highest BCUT2D eigenvalue weighted by Crippen LogP contribution is 2.45. The molecule has 0 spiro atoms. The van der Waals surface area contributed by atoms with Gasteiger partial charge in [0.15, 0.2) is 0 Å². The second kappa shape index (κ2) is 4.67. The van der Waals surface area contributed by atoms with Crippen molar-refractivity contribution < 1.29 is 9.32 Å². The molecule has 2 unspecified atom stereocenters. The molecule has 0 saturated carbocycles. The number of rotatable bonds is 1. The van der Waals surface area contributed by atoms with E-state index < -0.39 is 16.4 Å². The maximum atomic E-state index is 12.1. The Morgan fingerprint density at radius 3 is 2.05 bits per heavy atom. The number of hydrogen-bond donors (Lipinski definition) is 1. The molecule has 1 N–H and O–H groups in total. The van der Waals surface area contributed by atoms with Crippen LogP contribution in [0.4, 0.5) is 0 Å². The summed E-state index contributed by atoms with van der Waals surface area (Å²) in [6.07, 6.45) is 3.34. The van der Waals surface area contributed by atoms with E-state index in [2.05, 4.69) is 45.0 Å². The van der Waals surface area contributed by atoms with Gasteiger partial charge in [0.25, 0.3) is 0 Å². The van der Waals surface area contributed by atoms with Crippen LogP contribution in [0.3, 0.4) is 0 Å². The summed E-state index contributed by atoms with van der Waals surface area (Å²) in [5.41, 5.74) is 1.65. The summed E-state index contributed by atoms with van der Waals surface area (Å²) in [6, 6.07) is 8.38. The molecule has 3 heteroatoms. The summed E-state index contributed by atoms with van der Waals surface area (Å²) in [5, 5.41) is 11.4. The van der Waals surface area contributed by atoms with E-state index in [0.717, 1.165) is 18.4 Å². The average molecular weight is 292 g/mol. The monoisotopic (exact) mass is 292 g/mol. The Morgan fingerprint density at radius 2 is 1.60 bits per heavy atom. The van der Waals surface area contributed by atoms with Crippen LogP contribution in [0.25, 0.3) is 0 Å². The molecule has 2 saturated heterocycles. The first-order valence-corrected chi connectivity index (χ1v) is 8.80. The van der Waals surface area contributed by atoms with Crippen LogP contribution in [0.5, 0.6) is 0 Å². The minimum Gasteiger partial charge on any atom is -0.385 e. The Hall–Kier alpha value is -0.670. The molecule has 110 valence electrons. The smallest absolute Gasteiger partial charge is 0.0919 e. The Balaban J connectivity index is 1.88. The molecule has 1 aromatic carbocycles. The highest BCUT2D eigenvalue weighted by Gasteiger charge is 2.48. The minimum atomic E-state index is -0.768. The molecule has 20 heavy (non-hydrogen) atoms. The van der Waals surface area contributed by atoms with Gasteiger partial charge in [-0.3, -0.25) is 4.21 Å². The first-order chi connectivity index (χ1) is 9.29. The predicted molar refractivity (Wildman–Crippen MR) is 83.2 cm³/mol. The van der Waals surface area contributed by atoms with Gasteiger partial charge < -0.3 is 5.11 Å². The molecule has 3 rings (SSSR count). The highest BCUT2D eigenvalue weighted by molar-refractivity contribution is 7.86. The molecule has 2 bridgehead atoms. The number of aliphatic hydroxyl groups is 1. The SMILES string of the molecule is CC(C)(C)c1ccc(C2(O)CC3CCC(C2)S3=O)cc1. The van der Waals surface area contributed by atoms with Gasteiger partial charge in [-0.05, 0) is 42.2 Å². The van der Waals surface area contributed by atoms with E-state index in [4.69, 9.17) is 0 Å². The first-order valence-electron chi connectivity index (χ1n) is 7.52. The Kier molecular flexibility index (Phi) is 3.33. The molecule has 2 fully saturated rings. The van der Waals surface area contributed by atoms with Gasteiger partial charge in [0.05, 0.1) is 5.60 Å². The molecule has 0 aromatic heterocycles. The van der Waals surface area contributed by atoms with Crippen molar-refractivity contribution in [3.8, 4) is 0 Å². The lowest BCUT2D eigenvalue weighted by Gasteiger charge is -2.36. The third-order valence-corrected chi connectivity index (χ3v) is 7.01. The summed E-state index contributed by atoms with van der Waals surface area (Å²) >= 11 is 0. The molecule has 2 nitrogen and oxygen atoms in total. The molecule has 0 aliphatic carbocycles. The lowest BCUT2D eigenvalue weighted by atomic mass is 9.82. The summed E-state index contributed by atoms with van der Waals surface area (Å²) in [5.74, 6) is 0. The van der Waals surface area contributed by atoms with Crippen molar-refractivity contribution in [2.24, 2.45) is 0 Å². The Labute approximate surface area is 124 Å². The van der Waals surface area contributed by atoms with Crippen LogP contribution in [-0.4, -0.2) is 19.8 Å². The van der Waals surface area contributed by atoms with Crippen LogP contribution in [0.15, 0.2) is 24.3 Å². The summed E-state index contributed by atoms with van der Waals surface area (Å²) in [4.78, 5) is 0. The summed E-state index contributed by atoms with van der Waals surface area (Å²) < 4.78 is 12.1. The largest absolute Gasteiger partial charge is 0.385 e. The van der Waals surface area contributed by atoms with Gasteiger partial charge in [-0.25, -0.2) is 0 Å². The van der Waals surface area contributed by atoms with Gasteiger partial charge in [-0.1, -0.05) is 45.0 Å². The Bertz CT molecular complexity index is 511. The van der Waals surface area contributed by atoms with E-state index in [1.807, 2.05) is 0 Å². The number of benzene rings is 1. The van der Waals surface area contributed by atoms with Crippen molar-refractivity contribution >= 4 is 10.8 Å². The zero-order valence-electron chi connectivity index (χ0n) is 12.6. The van der Waals surface area contributed by atoms with Crippen LogP contribution in [0.2, 0.25) is 0 Å². The second-order valence-electron chi connectivity index (χ2n) is 7.42. The molecule has 0 amide bonds. The van der Waals surface area contributed by atoms with Gasteiger partial charge in [0, 0.05) is 21.3 Å².